The van der Waals surface area contributed by atoms with Gasteiger partial charge in [0.05, 0.1) is 6.61 Å². The van der Waals surface area contributed by atoms with Crippen molar-refractivity contribution in [3.05, 3.63) is 0 Å². The Labute approximate surface area is 121 Å². The highest BCUT2D eigenvalue weighted by Crippen LogP contribution is 2.27. The summed E-state index contributed by atoms with van der Waals surface area (Å²) in [4.78, 5) is 11.9. The van der Waals surface area contributed by atoms with Crippen molar-refractivity contribution in [2.24, 2.45) is 5.92 Å². The number of hydrogen-bond acceptors (Lipinski definition) is 4. The molecule has 0 spiro atoms. The first-order chi connectivity index (χ1) is 9.46. The molecule has 0 aliphatic carbocycles. The van der Waals surface area contributed by atoms with Crippen molar-refractivity contribution in [1.29, 1.82) is 0 Å². The van der Waals surface area contributed by atoms with Crippen molar-refractivity contribution < 1.29 is 17.9 Å². The summed E-state index contributed by atoms with van der Waals surface area (Å²) in [5, 5.41) is 0. The summed E-state index contributed by atoms with van der Waals surface area (Å²) >= 11 is 0. The molecule has 0 saturated carbocycles. The van der Waals surface area contributed by atoms with Crippen LogP contribution in [-0.2, 0) is 19.7 Å². The van der Waals surface area contributed by atoms with E-state index in [2.05, 4.69) is 6.92 Å². The van der Waals surface area contributed by atoms with E-state index in [1.807, 2.05) is 0 Å². The highest BCUT2D eigenvalue weighted by molar-refractivity contribution is 7.86. The zero-order valence-electron chi connectivity index (χ0n) is 12.2. The third kappa shape index (κ3) is 3.15. The molecule has 2 aliphatic rings. The summed E-state index contributed by atoms with van der Waals surface area (Å²) in [6.45, 7) is 5.60. The number of rotatable bonds is 4. The summed E-state index contributed by atoms with van der Waals surface area (Å²) in [6.07, 6.45) is 3.22. The quantitative estimate of drug-likeness (QED) is 0.727. The summed E-state index contributed by atoms with van der Waals surface area (Å²) in [7, 11) is -3.54. The lowest BCUT2D eigenvalue weighted by molar-refractivity contribution is -0.146. The molecule has 116 valence electrons. The van der Waals surface area contributed by atoms with E-state index in [9.17, 15) is 13.2 Å². The average Bonchev–Trinajstić information content (AvgIpc) is 2.89. The Balaban J connectivity index is 2.13. The largest absolute Gasteiger partial charge is 0.465 e. The van der Waals surface area contributed by atoms with E-state index in [0.717, 1.165) is 12.8 Å². The summed E-state index contributed by atoms with van der Waals surface area (Å²) < 4.78 is 33.3. The van der Waals surface area contributed by atoms with E-state index in [1.54, 1.807) is 6.92 Å². The Bertz CT molecular complexity index is 451. The van der Waals surface area contributed by atoms with Crippen molar-refractivity contribution in [1.82, 2.24) is 8.61 Å². The molecule has 2 saturated heterocycles. The smallest absolute Gasteiger partial charge is 0.324 e. The van der Waals surface area contributed by atoms with Crippen LogP contribution < -0.4 is 0 Å². The van der Waals surface area contributed by atoms with Crippen LogP contribution in [0.15, 0.2) is 0 Å². The zero-order valence-corrected chi connectivity index (χ0v) is 13.1. The first-order valence-corrected chi connectivity index (χ1v) is 8.80. The lowest BCUT2D eigenvalue weighted by Crippen LogP contribution is -2.51. The van der Waals surface area contributed by atoms with Crippen LogP contribution in [0.1, 0.15) is 39.5 Å². The van der Waals surface area contributed by atoms with Gasteiger partial charge in [0, 0.05) is 19.6 Å². The van der Waals surface area contributed by atoms with Crippen LogP contribution in [0.4, 0.5) is 0 Å². The zero-order chi connectivity index (χ0) is 14.8. The maximum atomic E-state index is 12.7. The predicted molar refractivity (Wildman–Crippen MR) is 75.3 cm³/mol. The highest BCUT2D eigenvalue weighted by Gasteiger charge is 2.43. The number of carbonyl (C=O) groups excluding carboxylic acids is 1. The molecule has 2 unspecified atom stereocenters. The monoisotopic (exact) mass is 304 g/mol. The fourth-order valence-electron chi connectivity index (χ4n) is 2.99. The Morgan fingerprint density at radius 2 is 1.95 bits per heavy atom. The fraction of sp³-hybridized carbons (Fsp3) is 0.923. The minimum Gasteiger partial charge on any atom is -0.465 e. The second kappa shape index (κ2) is 6.41. The number of piperidine rings is 1. The molecule has 2 heterocycles. The van der Waals surface area contributed by atoms with Crippen LogP contribution in [0.3, 0.4) is 0 Å². The van der Waals surface area contributed by atoms with Crippen molar-refractivity contribution in [2.45, 2.75) is 45.6 Å². The van der Waals surface area contributed by atoms with E-state index in [-0.39, 0.29) is 6.61 Å². The molecule has 20 heavy (non-hydrogen) atoms. The van der Waals surface area contributed by atoms with Crippen molar-refractivity contribution in [3.8, 4) is 0 Å². The molecule has 0 aromatic rings. The Morgan fingerprint density at radius 3 is 2.60 bits per heavy atom. The van der Waals surface area contributed by atoms with E-state index in [0.29, 0.717) is 38.4 Å². The van der Waals surface area contributed by atoms with E-state index in [4.69, 9.17) is 4.74 Å². The second-order valence-corrected chi connectivity index (χ2v) is 7.52. The molecule has 0 radical (unpaired) electrons. The van der Waals surface area contributed by atoms with E-state index >= 15 is 0 Å². The van der Waals surface area contributed by atoms with Crippen LogP contribution in [0.25, 0.3) is 0 Å². The number of hydrogen-bond donors (Lipinski definition) is 0. The Kier molecular flexibility index (Phi) is 5.04. The lowest BCUT2D eigenvalue weighted by Gasteiger charge is -2.34. The van der Waals surface area contributed by atoms with Gasteiger partial charge in [-0.05, 0) is 38.5 Å². The molecule has 0 amide bonds. The van der Waals surface area contributed by atoms with Crippen molar-refractivity contribution in [2.75, 3.05) is 26.2 Å². The maximum absolute atomic E-state index is 12.7. The molecule has 2 rings (SSSR count). The molecular formula is C13H24N2O4S. The van der Waals surface area contributed by atoms with Gasteiger partial charge in [0.2, 0.25) is 0 Å². The standard InChI is InChI=1S/C13H24N2O4S/c1-3-19-13(16)12-7-5-9-15(12)20(17,18)14-8-4-6-11(2)10-14/h11-12H,3-10H2,1-2H3. The summed E-state index contributed by atoms with van der Waals surface area (Å²) in [5.74, 6) is -0.0409. The van der Waals surface area contributed by atoms with Gasteiger partial charge in [0.1, 0.15) is 6.04 Å². The van der Waals surface area contributed by atoms with Gasteiger partial charge in [-0.2, -0.15) is 17.0 Å². The van der Waals surface area contributed by atoms with E-state index < -0.39 is 22.2 Å². The van der Waals surface area contributed by atoms with Crippen molar-refractivity contribution >= 4 is 16.2 Å². The maximum Gasteiger partial charge on any atom is 0.324 e. The van der Waals surface area contributed by atoms with E-state index in [1.165, 1.54) is 8.61 Å². The van der Waals surface area contributed by atoms with Crippen LogP contribution in [0, 0.1) is 5.92 Å². The van der Waals surface area contributed by atoms with Gasteiger partial charge in [-0.1, -0.05) is 6.92 Å². The Hall–Kier alpha value is -0.660. The molecule has 6 nitrogen and oxygen atoms in total. The van der Waals surface area contributed by atoms with Gasteiger partial charge in [-0.15, -0.1) is 0 Å². The summed E-state index contributed by atoms with van der Waals surface area (Å²) in [6, 6.07) is -0.641. The number of nitrogens with zero attached hydrogens (tertiary/aromatic N) is 2. The molecule has 2 aliphatic heterocycles. The van der Waals surface area contributed by atoms with Gasteiger partial charge in [-0.25, -0.2) is 0 Å². The van der Waals surface area contributed by atoms with Crippen LogP contribution >= 0.6 is 0 Å². The third-order valence-electron chi connectivity index (χ3n) is 4.00. The normalized spacial score (nSPS) is 29.5. The van der Waals surface area contributed by atoms with Crippen LogP contribution in [-0.4, -0.2) is 55.3 Å². The van der Waals surface area contributed by atoms with Gasteiger partial charge in [-0.3, -0.25) is 4.79 Å². The topological polar surface area (TPSA) is 66.9 Å². The molecule has 0 bridgehead atoms. The van der Waals surface area contributed by atoms with Gasteiger partial charge in [0.25, 0.3) is 10.2 Å². The molecule has 0 aromatic carbocycles. The first-order valence-electron chi connectivity index (χ1n) is 7.40. The molecule has 2 fully saturated rings. The molecular weight excluding hydrogens is 280 g/mol. The van der Waals surface area contributed by atoms with Gasteiger partial charge < -0.3 is 4.74 Å². The predicted octanol–water partition coefficient (Wildman–Crippen LogP) is 0.991. The van der Waals surface area contributed by atoms with Crippen LogP contribution in [0.5, 0.6) is 0 Å². The highest BCUT2D eigenvalue weighted by atomic mass is 32.2. The number of esters is 1. The van der Waals surface area contributed by atoms with Gasteiger partial charge in [0.15, 0.2) is 0 Å². The minimum absolute atomic E-state index is 0.282. The Morgan fingerprint density at radius 1 is 1.25 bits per heavy atom. The molecule has 7 heteroatoms. The lowest BCUT2D eigenvalue weighted by atomic mass is 10.0. The number of ether oxygens (including phenoxy) is 1. The third-order valence-corrected chi connectivity index (χ3v) is 6.02. The fourth-order valence-corrected chi connectivity index (χ4v) is 4.97. The summed E-state index contributed by atoms with van der Waals surface area (Å²) in [5.41, 5.74) is 0. The first kappa shape index (κ1) is 15.7. The SMILES string of the molecule is CCOC(=O)C1CCCN1S(=O)(=O)N1CCCC(C)C1. The second-order valence-electron chi connectivity index (χ2n) is 5.63. The van der Waals surface area contributed by atoms with Gasteiger partial charge >= 0.3 is 5.97 Å². The molecule has 2 atom stereocenters. The minimum atomic E-state index is -3.54. The molecule has 0 aromatic heterocycles. The van der Waals surface area contributed by atoms with Crippen molar-refractivity contribution in [3.63, 3.8) is 0 Å². The molecule has 0 N–H and O–H groups in total. The average molecular weight is 304 g/mol. The number of carbonyl (C=O) groups is 1. The van der Waals surface area contributed by atoms with Crippen LogP contribution in [0.2, 0.25) is 0 Å².